The van der Waals surface area contributed by atoms with E-state index >= 15 is 0 Å². The van der Waals surface area contributed by atoms with E-state index in [0.717, 1.165) is 56.8 Å². The van der Waals surface area contributed by atoms with Gasteiger partial charge >= 0.3 is 17.9 Å². The zero-order valence-electron chi connectivity index (χ0n) is 34.4. The number of H-pyrrole nitrogens is 2. The van der Waals surface area contributed by atoms with Crippen LogP contribution in [0, 0.1) is 13.8 Å². The lowest BCUT2D eigenvalue weighted by molar-refractivity contribution is -0.154. The van der Waals surface area contributed by atoms with Gasteiger partial charge in [0.05, 0.1) is 55.2 Å². The molecule has 2 aliphatic heterocycles. The lowest BCUT2D eigenvalue weighted by Crippen LogP contribution is -2.30. The van der Waals surface area contributed by atoms with Crippen LogP contribution in [-0.2, 0) is 35.0 Å². The summed E-state index contributed by atoms with van der Waals surface area (Å²) in [4.78, 5) is 69.9. The molecule has 3 aromatic heterocycles. The van der Waals surface area contributed by atoms with E-state index in [2.05, 4.69) is 42.6 Å². The molecule has 0 aromatic carbocycles. The Bertz CT molecular complexity index is 2270. The number of aryl methyl sites for hydroxylation is 2. The van der Waals surface area contributed by atoms with Crippen molar-refractivity contribution in [1.82, 2.24) is 25.3 Å². The van der Waals surface area contributed by atoms with Gasteiger partial charge in [0.25, 0.3) is 5.91 Å². The van der Waals surface area contributed by atoms with Gasteiger partial charge in [-0.15, -0.1) is 0 Å². The van der Waals surface area contributed by atoms with Crippen LogP contribution < -0.4 is 5.32 Å². The lowest BCUT2D eigenvalue weighted by Gasteiger charge is -2.19. The van der Waals surface area contributed by atoms with E-state index in [1.54, 1.807) is 20.8 Å². The van der Waals surface area contributed by atoms with Crippen LogP contribution in [0.4, 0.5) is 0 Å². The van der Waals surface area contributed by atoms with Crippen LogP contribution in [0.15, 0.2) is 24.8 Å². The summed E-state index contributed by atoms with van der Waals surface area (Å²) in [6.45, 7) is 19.6. The fourth-order valence-corrected chi connectivity index (χ4v) is 7.66. The Kier molecular flexibility index (Phi) is 12.7. The topological polar surface area (TPSA) is 165 Å². The Morgan fingerprint density at radius 1 is 0.893 bits per heavy atom. The summed E-state index contributed by atoms with van der Waals surface area (Å²) in [7, 11) is 2.70. The number of fused-ring (bicyclic) bond motifs is 8. The molecule has 0 fully saturated rings. The van der Waals surface area contributed by atoms with Crippen molar-refractivity contribution >= 4 is 63.1 Å². The minimum atomic E-state index is -0.662. The number of aromatic amines is 2. The number of carbonyl (C=O) groups is 4. The number of rotatable bonds is 12. The summed E-state index contributed by atoms with van der Waals surface area (Å²) in [6.07, 6.45) is 3.66. The third kappa shape index (κ3) is 8.79. The molecular weight excluding hydrogens is 711 g/mol. The monoisotopic (exact) mass is 765 g/mol. The maximum Gasteiger partial charge on any atom is 0.310 e. The van der Waals surface area contributed by atoms with Crippen molar-refractivity contribution < 1.29 is 33.4 Å². The summed E-state index contributed by atoms with van der Waals surface area (Å²) < 4.78 is 15.6. The van der Waals surface area contributed by atoms with Crippen molar-refractivity contribution in [2.24, 2.45) is 0 Å². The summed E-state index contributed by atoms with van der Waals surface area (Å²) >= 11 is 0. The summed E-state index contributed by atoms with van der Waals surface area (Å²) in [6, 6.07) is 6.02. The largest absolute Gasteiger partial charge is 0.469 e. The number of hydrogen-bond acceptors (Lipinski definition) is 9. The van der Waals surface area contributed by atoms with Gasteiger partial charge in [0.1, 0.15) is 5.60 Å². The lowest BCUT2D eigenvalue weighted by atomic mass is 9.84. The molecule has 0 spiro atoms. The van der Waals surface area contributed by atoms with Gasteiger partial charge in [0, 0.05) is 58.2 Å². The minimum absolute atomic E-state index is 0.0245. The number of allylic oxidation sites excluding steroid dienone is 2. The van der Waals surface area contributed by atoms with Gasteiger partial charge in [-0.2, -0.15) is 0 Å². The summed E-state index contributed by atoms with van der Waals surface area (Å²) in [5.41, 5.74) is 10.6. The zero-order chi connectivity index (χ0) is 41.1. The predicted octanol–water partition coefficient (Wildman–Crippen LogP) is 8.32. The average Bonchev–Trinajstić information content (AvgIpc) is 3.82. The van der Waals surface area contributed by atoms with Crippen molar-refractivity contribution in [2.75, 3.05) is 20.8 Å². The number of aromatic nitrogens is 4. The molecule has 0 radical (unpaired) electrons. The third-order valence-electron chi connectivity index (χ3n) is 10.7. The number of amides is 1. The molecule has 298 valence electrons. The van der Waals surface area contributed by atoms with Crippen LogP contribution in [0.2, 0.25) is 0 Å². The minimum Gasteiger partial charge on any atom is -0.469 e. The summed E-state index contributed by atoms with van der Waals surface area (Å²) in [5.74, 6) is -2.04. The SMILES string of the molecule is C=Cc1c(C)c2cc3nc(c(CC(=O)OC)c4[nH]c(cc5nc(cc1[nH]2)C(C)=C5CC)c(C)c4C(=O)NCCC(=O)OC(C)(C)C)[C@@H](CCCC(=O)OC)[C@@H]3C. The molecule has 2 atom stereocenters. The zero-order valence-corrected chi connectivity index (χ0v) is 34.4. The number of esters is 3. The van der Waals surface area contributed by atoms with Gasteiger partial charge in [0.2, 0.25) is 0 Å². The molecule has 8 bridgehead atoms. The molecule has 2 aliphatic rings. The first-order valence-corrected chi connectivity index (χ1v) is 19.2. The normalized spacial score (nSPS) is 15.4. The molecule has 0 unspecified atom stereocenters. The molecule has 12 heteroatoms. The van der Waals surface area contributed by atoms with Gasteiger partial charge in [-0.1, -0.05) is 26.5 Å². The van der Waals surface area contributed by atoms with Crippen molar-refractivity contribution in [2.45, 2.75) is 111 Å². The van der Waals surface area contributed by atoms with Crippen LogP contribution in [0.3, 0.4) is 0 Å². The second-order valence-electron chi connectivity index (χ2n) is 15.5. The highest BCUT2D eigenvalue weighted by atomic mass is 16.6. The molecule has 0 saturated heterocycles. The maximum atomic E-state index is 14.3. The van der Waals surface area contributed by atoms with Crippen LogP contribution in [0.25, 0.3) is 39.3 Å². The van der Waals surface area contributed by atoms with Crippen molar-refractivity contribution in [3.63, 3.8) is 0 Å². The molecule has 1 amide bonds. The molecular formula is C44H55N5O7. The van der Waals surface area contributed by atoms with E-state index in [-0.39, 0.29) is 43.6 Å². The fourth-order valence-electron chi connectivity index (χ4n) is 7.66. The quantitative estimate of drug-likeness (QED) is 0.121. The molecule has 3 N–H and O–H groups in total. The van der Waals surface area contributed by atoms with Crippen molar-refractivity contribution in [3.05, 3.63) is 75.4 Å². The Morgan fingerprint density at radius 2 is 1.57 bits per heavy atom. The molecule has 12 nitrogen and oxygen atoms in total. The third-order valence-corrected chi connectivity index (χ3v) is 10.7. The van der Waals surface area contributed by atoms with E-state index in [0.29, 0.717) is 46.3 Å². The summed E-state index contributed by atoms with van der Waals surface area (Å²) in [5, 5.41) is 2.92. The van der Waals surface area contributed by atoms with Crippen molar-refractivity contribution in [3.8, 4) is 0 Å². The number of hydrogen-bond donors (Lipinski definition) is 3. The Morgan fingerprint density at radius 3 is 2.21 bits per heavy atom. The standard InChI is InChI=1S/C44H55N5O7/c1-12-27-23(3)31-20-33-25(5)29(15-14-16-37(50)54-10)41(48-33)30(19-39(52)55-11)42-40(43(53)45-18-17-38(51)56-44(7,8)9)26(6)34(49-42)22-36-28(13-2)24(4)32(47-36)21-35(27)46-31/h12,20-22,25,29,46,49H,1,13-19H2,2-11H3,(H,45,53)/t25-,29-/m0/s1. The Labute approximate surface area is 328 Å². The first-order valence-electron chi connectivity index (χ1n) is 19.2. The molecule has 0 saturated carbocycles. The molecule has 5 rings (SSSR count). The van der Waals surface area contributed by atoms with Gasteiger partial charge in [0.15, 0.2) is 0 Å². The maximum absolute atomic E-state index is 14.3. The number of carbonyl (C=O) groups excluding carboxylic acids is 4. The Balaban J connectivity index is 1.88. The first-order chi connectivity index (χ1) is 26.5. The van der Waals surface area contributed by atoms with Crippen molar-refractivity contribution in [1.29, 1.82) is 0 Å². The van der Waals surface area contributed by atoms with Gasteiger partial charge in [-0.3, -0.25) is 24.2 Å². The number of ether oxygens (including phenoxy) is 3. The van der Waals surface area contributed by atoms with Crippen LogP contribution in [0.5, 0.6) is 0 Å². The van der Waals surface area contributed by atoms with Gasteiger partial charge in [-0.25, -0.2) is 4.98 Å². The van der Waals surface area contributed by atoms with E-state index in [1.165, 1.54) is 14.2 Å². The first kappa shape index (κ1) is 41.6. The molecule has 3 aromatic rings. The van der Waals surface area contributed by atoms with Gasteiger partial charge < -0.3 is 29.5 Å². The second kappa shape index (κ2) is 17.1. The number of nitrogens with zero attached hydrogens (tertiary/aromatic N) is 2. The van der Waals surface area contributed by atoms with Crippen LogP contribution in [0.1, 0.15) is 141 Å². The molecule has 56 heavy (non-hydrogen) atoms. The predicted molar refractivity (Wildman–Crippen MR) is 219 cm³/mol. The highest BCUT2D eigenvalue weighted by Crippen LogP contribution is 2.43. The van der Waals surface area contributed by atoms with E-state index in [1.807, 2.05) is 38.1 Å². The number of nitrogens with one attached hydrogen (secondary N) is 3. The van der Waals surface area contributed by atoms with Gasteiger partial charge in [-0.05, 0) is 101 Å². The van der Waals surface area contributed by atoms with E-state index < -0.39 is 23.4 Å². The highest BCUT2D eigenvalue weighted by Gasteiger charge is 2.33. The second-order valence-corrected chi connectivity index (χ2v) is 15.5. The Hall–Kier alpha value is -5.52. The smallest absolute Gasteiger partial charge is 0.310 e. The van der Waals surface area contributed by atoms with Crippen LogP contribution in [-0.4, -0.2) is 70.1 Å². The highest BCUT2D eigenvalue weighted by molar-refractivity contribution is 6.06. The molecule has 5 heterocycles. The molecule has 0 aliphatic carbocycles. The number of methoxy groups -OCH3 is 2. The average molecular weight is 766 g/mol. The van der Waals surface area contributed by atoms with E-state index in [9.17, 15) is 19.2 Å². The van der Waals surface area contributed by atoms with Crippen LogP contribution >= 0.6 is 0 Å². The van der Waals surface area contributed by atoms with E-state index in [4.69, 9.17) is 24.2 Å². The fraction of sp³-hybridized carbons (Fsp3) is 0.455.